The second-order valence-electron chi connectivity index (χ2n) is 5.88. The van der Waals surface area contributed by atoms with Gasteiger partial charge in [0.1, 0.15) is 0 Å². The summed E-state index contributed by atoms with van der Waals surface area (Å²) in [6.07, 6.45) is 4.29. The first-order valence-corrected chi connectivity index (χ1v) is 7.76. The Bertz CT molecular complexity index is 457. The highest BCUT2D eigenvalue weighted by molar-refractivity contribution is 5.82. The first-order valence-electron chi connectivity index (χ1n) is 7.76. The third-order valence-corrected chi connectivity index (χ3v) is 4.48. The Morgan fingerprint density at radius 2 is 2.19 bits per heavy atom. The van der Waals surface area contributed by atoms with Crippen LogP contribution in [0, 0.1) is 0 Å². The number of piperidine rings is 1. The van der Waals surface area contributed by atoms with Crippen LogP contribution in [-0.2, 0) is 4.79 Å². The van der Waals surface area contributed by atoms with Gasteiger partial charge in [0.2, 0.25) is 5.91 Å². The lowest BCUT2D eigenvalue weighted by Gasteiger charge is -2.35. The van der Waals surface area contributed by atoms with Crippen LogP contribution in [0.15, 0.2) is 0 Å². The highest BCUT2D eigenvalue weighted by Crippen LogP contribution is 2.25. The average Bonchev–Trinajstić information content (AvgIpc) is 3.19. The van der Waals surface area contributed by atoms with Crippen LogP contribution in [0.2, 0.25) is 0 Å². The van der Waals surface area contributed by atoms with Crippen molar-refractivity contribution in [1.82, 2.24) is 36.2 Å². The molecule has 0 saturated carbocycles. The molecule has 2 unspecified atom stereocenters. The van der Waals surface area contributed by atoms with Crippen LogP contribution in [-0.4, -0.2) is 63.1 Å². The van der Waals surface area contributed by atoms with Gasteiger partial charge in [-0.1, -0.05) is 5.21 Å². The molecule has 0 bridgehead atoms. The quantitative estimate of drug-likeness (QED) is 0.698. The topological polar surface area (TPSA) is 98.8 Å². The molecular formula is C13H23N7O. The normalized spacial score (nSPS) is 25.9. The van der Waals surface area contributed by atoms with E-state index in [4.69, 9.17) is 0 Å². The van der Waals surface area contributed by atoms with E-state index in [1.807, 2.05) is 6.92 Å². The number of likely N-dealkylation sites (tertiary alicyclic amines) is 1. The molecule has 2 aliphatic rings. The van der Waals surface area contributed by atoms with Gasteiger partial charge in [0.15, 0.2) is 5.82 Å². The largest absolute Gasteiger partial charge is 0.345 e. The highest BCUT2D eigenvalue weighted by Gasteiger charge is 2.36. The zero-order valence-corrected chi connectivity index (χ0v) is 12.4. The molecule has 3 N–H and O–H groups in total. The number of nitrogens with zero attached hydrogens (tertiary/aromatic N) is 4. The fourth-order valence-corrected chi connectivity index (χ4v) is 3.37. The summed E-state index contributed by atoms with van der Waals surface area (Å²) < 4.78 is 0. The summed E-state index contributed by atoms with van der Waals surface area (Å²) in [7, 11) is 0. The maximum absolute atomic E-state index is 12.5. The number of aromatic amines is 1. The summed E-state index contributed by atoms with van der Waals surface area (Å²) in [5.74, 6) is 0.609. The van der Waals surface area contributed by atoms with Gasteiger partial charge < -0.3 is 10.6 Å². The van der Waals surface area contributed by atoms with Crippen LogP contribution in [0.4, 0.5) is 0 Å². The molecule has 3 rings (SSSR count). The van der Waals surface area contributed by atoms with Crippen molar-refractivity contribution in [2.45, 2.75) is 50.7 Å². The predicted molar refractivity (Wildman–Crippen MR) is 76.4 cm³/mol. The molecule has 2 fully saturated rings. The number of rotatable bonds is 4. The second kappa shape index (κ2) is 6.48. The van der Waals surface area contributed by atoms with Crippen LogP contribution >= 0.6 is 0 Å². The Labute approximate surface area is 124 Å². The molecule has 0 aliphatic carbocycles. The number of tetrazole rings is 1. The van der Waals surface area contributed by atoms with E-state index in [1.54, 1.807) is 0 Å². The van der Waals surface area contributed by atoms with Gasteiger partial charge in [0.25, 0.3) is 0 Å². The number of carbonyl (C=O) groups excluding carboxylic acids is 1. The standard InChI is InChI=1S/C13H23N7O/c1-9(12-16-18-19-17-12)15-13(21)11-3-2-8-20(11)10-4-6-14-7-5-10/h9-11,14H,2-8H2,1H3,(H,15,21)(H,16,17,18,19). The van der Waals surface area contributed by atoms with E-state index in [1.165, 1.54) is 0 Å². The van der Waals surface area contributed by atoms with E-state index in [-0.39, 0.29) is 18.0 Å². The Kier molecular flexibility index (Phi) is 4.45. The third kappa shape index (κ3) is 3.21. The van der Waals surface area contributed by atoms with E-state index in [2.05, 4.69) is 36.2 Å². The molecule has 2 atom stereocenters. The fraction of sp³-hybridized carbons (Fsp3) is 0.846. The zero-order valence-electron chi connectivity index (χ0n) is 12.4. The van der Waals surface area contributed by atoms with Gasteiger partial charge in [-0.3, -0.25) is 9.69 Å². The van der Waals surface area contributed by atoms with E-state index in [0.717, 1.165) is 45.3 Å². The number of nitrogens with one attached hydrogen (secondary N) is 3. The monoisotopic (exact) mass is 293 g/mol. The maximum atomic E-state index is 12.5. The van der Waals surface area contributed by atoms with Crippen molar-refractivity contribution in [1.29, 1.82) is 0 Å². The first-order chi connectivity index (χ1) is 10.3. The molecule has 2 saturated heterocycles. The Balaban J connectivity index is 1.60. The minimum absolute atomic E-state index is 0.0116. The van der Waals surface area contributed by atoms with Crippen molar-refractivity contribution in [3.05, 3.63) is 5.82 Å². The van der Waals surface area contributed by atoms with Gasteiger partial charge in [-0.15, -0.1) is 10.2 Å². The summed E-state index contributed by atoms with van der Waals surface area (Å²) in [4.78, 5) is 14.9. The molecule has 116 valence electrons. The van der Waals surface area contributed by atoms with Crippen molar-refractivity contribution >= 4 is 5.91 Å². The third-order valence-electron chi connectivity index (χ3n) is 4.48. The number of carbonyl (C=O) groups is 1. The van der Waals surface area contributed by atoms with Crippen molar-refractivity contribution in [3.63, 3.8) is 0 Å². The molecule has 2 aliphatic heterocycles. The molecule has 1 amide bonds. The number of H-pyrrole nitrogens is 1. The van der Waals surface area contributed by atoms with E-state index < -0.39 is 0 Å². The average molecular weight is 293 g/mol. The number of aromatic nitrogens is 4. The van der Waals surface area contributed by atoms with E-state index in [9.17, 15) is 4.79 Å². The lowest BCUT2D eigenvalue weighted by Crippen LogP contribution is -2.51. The molecule has 0 aromatic carbocycles. The van der Waals surface area contributed by atoms with Crippen molar-refractivity contribution in [2.75, 3.05) is 19.6 Å². The van der Waals surface area contributed by atoms with Gasteiger partial charge in [-0.05, 0) is 52.2 Å². The maximum Gasteiger partial charge on any atom is 0.237 e. The van der Waals surface area contributed by atoms with Gasteiger partial charge in [-0.2, -0.15) is 5.21 Å². The van der Waals surface area contributed by atoms with Crippen LogP contribution in [0.25, 0.3) is 0 Å². The molecule has 8 nitrogen and oxygen atoms in total. The first kappa shape index (κ1) is 14.4. The zero-order chi connectivity index (χ0) is 14.7. The number of amides is 1. The van der Waals surface area contributed by atoms with Crippen LogP contribution in [0.1, 0.15) is 44.5 Å². The highest BCUT2D eigenvalue weighted by atomic mass is 16.2. The fourth-order valence-electron chi connectivity index (χ4n) is 3.37. The molecular weight excluding hydrogens is 270 g/mol. The van der Waals surface area contributed by atoms with Crippen molar-refractivity contribution < 1.29 is 4.79 Å². The number of hydrogen-bond acceptors (Lipinski definition) is 6. The van der Waals surface area contributed by atoms with Gasteiger partial charge >= 0.3 is 0 Å². The molecule has 1 aromatic rings. The molecule has 21 heavy (non-hydrogen) atoms. The Morgan fingerprint density at radius 3 is 2.90 bits per heavy atom. The molecule has 0 spiro atoms. The van der Waals surface area contributed by atoms with Gasteiger partial charge in [0, 0.05) is 6.04 Å². The Morgan fingerprint density at radius 1 is 1.38 bits per heavy atom. The molecule has 1 aromatic heterocycles. The predicted octanol–water partition coefficient (Wildman–Crippen LogP) is -0.407. The Hall–Kier alpha value is -1.54. The van der Waals surface area contributed by atoms with Crippen LogP contribution in [0.3, 0.4) is 0 Å². The van der Waals surface area contributed by atoms with Crippen LogP contribution in [0.5, 0.6) is 0 Å². The smallest absolute Gasteiger partial charge is 0.237 e. The minimum Gasteiger partial charge on any atom is -0.345 e. The summed E-state index contributed by atoms with van der Waals surface area (Å²) in [5.41, 5.74) is 0. The summed E-state index contributed by atoms with van der Waals surface area (Å²) in [6, 6.07) is 0.305. The summed E-state index contributed by atoms with van der Waals surface area (Å²) in [6.45, 7) is 5.01. The SMILES string of the molecule is CC(NC(=O)C1CCCN1C1CCNCC1)c1nn[nH]n1. The van der Waals surface area contributed by atoms with E-state index in [0.29, 0.717) is 11.9 Å². The van der Waals surface area contributed by atoms with Gasteiger partial charge in [0.05, 0.1) is 12.1 Å². The lowest BCUT2D eigenvalue weighted by molar-refractivity contribution is -0.127. The minimum atomic E-state index is -0.216. The second-order valence-corrected chi connectivity index (χ2v) is 5.88. The molecule has 8 heteroatoms. The van der Waals surface area contributed by atoms with E-state index >= 15 is 0 Å². The molecule has 0 radical (unpaired) electrons. The van der Waals surface area contributed by atoms with Crippen LogP contribution < -0.4 is 10.6 Å². The number of hydrogen-bond donors (Lipinski definition) is 3. The lowest BCUT2D eigenvalue weighted by atomic mass is 10.0. The molecule has 3 heterocycles. The summed E-state index contributed by atoms with van der Waals surface area (Å²) in [5, 5.41) is 20.2. The van der Waals surface area contributed by atoms with Crippen molar-refractivity contribution in [3.8, 4) is 0 Å². The van der Waals surface area contributed by atoms with Crippen molar-refractivity contribution in [2.24, 2.45) is 0 Å². The summed E-state index contributed by atoms with van der Waals surface area (Å²) >= 11 is 0. The van der Waals surface area contributed by atoms with Gasteiger partial charge in [-0.25, -0.2) is 0 Å².